The molecule has 0 aliphatic heterocycles. The summed E-state index contributed by atoms with van der Waals surface area (Å²) in [4.78, 5) is 4.14. The molecule has 0 saturated carbocycles. The Kier molecular flexibility index (Phi) is 3.07. The molecule has 0 atom stereocenters. The molecule has 0 saturated heterocycles. The van der Waals surface area contributed by atoms with Crippen LogP contribution in [0.2, 0.25) is 0 Å². The Hall–Kier alpha value is -0.870. The molecule has 2 nitrogen and oxygen atoms in total. The van der Waals surface area contributed by atoms with Crippen LogP contribution >= 0.6 is 11.3 Å². The number of fused-ring (bicyclic) bond motifs is 1. The number of hydrogen-bond donors (Lipinski definition) is 0. The van der Waals surface area contributed by atoms with Crippen LogP contribution in [0, 0.1) is 0 Å². The smallest absolute Gasteiger partial charge is 0.197 e. The summed E-state index contributed by atoms with van der Waals surface area (Å²) in [6.07, 6.45) is 0. The predicted octanol–water partition coefficient (Wildman–Crippen LogP) is 1.96. The normalized spacial score (nSPS) is 8.73. The van der Waals surface area contributed by atoms with E-state index < -0.39 is 0 Å². The molecule has 1 aromatic carbocycles. The van der Waals surface area contributed by atoms with Crippen molar-refractivity contribution in [2.24, 2.45) is 0 Å². The molecule has 0 N–H and O–H groups in total. The molecule has 0 unspecified atom stereocenters. The molecule has 1 heterocycles. The van der Waals surface area contributed by atoms with Crippen LogP contribution in [0.4, 0.5) is 0 Å². The van der Waals surface area contributed by atoms with Gasteiger partial charge in [0.2, 0.25) is 0 Å². The van der Waals surface area contributed by atoms with Crippen LogP contribution in [0.1, 0.15) is 0 Å². The maximum Gasteiger partial charge on any atom is 0.197 e. The van der Waals surface area contributed by atoms with Gasteiger partial charge in [-0.2, -0.15) is 4.21 Å². The van der Waals surface area contributed by atoms with Crippen molar-refractivity contribution in [3.63, 3.8) is 0 Å². The van der Waals surface area contributed by atoms with Gasteiger partial charge in [0, 0.05) is 0 Å². The first-order chi connectivity index (χ1) is 5.47. The minimum Gasteiger partial charge on any atom is -0.245 e. The minimum absolute atomic E-state index is 1.10. The standard InChI is InChI=1S/C7H5NS.OS/c1-2-4-7-6(3-1)8-5-9-7;1-2/h1-5H;. The van der Waals surface area contributed by atoms with E-state index in [2.05, 4.69) is 23.6 Å². The topological polar surface area (TPSA) is 30.0 Å². The van der Waals surface area contributed by atoms with Gasteiger partial charge < -0.3 is 0 Å². The fraction of sp³-hybridized carbons (Fsp3) is 0. The number of para-hydroxylation sites is 1. The third-order valence-corrected chi connectivity index (χ3v) is 2.05. The summed E-state index contributed by atoms with van der Waals surface area (Å²) < 4.78 is 9.09. The molecule has 0 aliphatic carbocycles. The van der Waals surface area contributed by atoms with Gasteiger partial charge in [-0.25, -0.2) is 4.98 Å². The zero-order chi connectivity index (χ0) is 8.10. The molecule has 0 aliphatic rings. The highest BCUT2D eigenvalue weighted by atomic mass is 32.1. The minimum atomic E-state index is 1.10. The second kappa shape index (κ2) is 4.10. The molecule has 56 valence electrons. The van der Waals surface area contributed by atoms with E-state index in [-0.39, 0.29) is 0 Å². The Morgan fingerprint density at radius 3 is 2.73 bits per heavy atom. The maximum absolute atomic E-state index is 7.83. The lowest BCUT2D eigenvalue weighted by Crippen LogP contribution is -1.61. The summed E-state index contributed by atoms with van der Waals surface area (Å²) in [5.41, 5.74) is 2.97. The molecular formula is C7H5NOS2. The van der Waals surface area contributed by atoms with E-state index in [4.69, 9.17) is 4.21 Å². The third kappa shape index (κ3) is 1.78. The fourth-order valence-corrected chi connectivity index (χ4v) is 1.48. The highest BCUT2D eigenvalue weighted by molar-refractivity contribution is 7.44. The quantitative estimate of drug-likeness (QED) is 0.625. The Bertz CT molecular complexity index is 303. The van der Waals surface area contributed by atoms with Crippen molar-refractivity contribution < 1.29 is 4.21 Å². The lowest BCUT2D eigenvalue weighted by Gasteiger charge is -1.80. The van der Waals surface area contributed by atoms with Crippen molar-refractivity contribution in [2.75, 3.05) is 0 Å². The van der Waals surface area contributed by atoms with E-state index in [9.17, 15) is 0 Å². The van der Waals surface area contributed by atoms with Crippen molar-refractivity contribution in [2.45, 2.75) is 0 Å². The number of thiazole rings is 1. The van der Waals surface area contributed by atoms with Gasteiger partial charge in [-0.05, 0) is 12.1 Å². The van der Waals surface area contributed by atoms with Gasteiger partial charge in [0.15, 0.2) is 12.5 Å². The van der Waals surface area contributed by atoms with E-state index in [0.717, 1.165) is 5.52 Å². The molecule has 2 rings (SSSR count). The molecule has 2 aromatic rings. The molecule has 0 spiro atoms. The zero-order valence-electron chi connectivity index (χ0n) is 5.56. The Morgan fingerprint density at radius 1 is 1.27 bits per heavy atom. The summed E-state index contributed by atoms with van der Waals surface area (Å²) in [5.74, 6) is 0. The Labute approximate surface area is 73.4 Å². The van der Waals surface area contributed by atoms with Crippen molar-refractivity contribution in [1.29, 1.82) is 0 Å². The summed E-state index contributed by atoms with van der Waals surface area (Å²) in [6, 6.07) is 8.13. The lowest BCUT2D eigenvalue weighted by atomic mass is 10.3. The molecule has 0 fully saturated rings. The lowest BCUT2D eigenvalue weighted by molar-refractivity contribution is 0.702. The fourth-order valence-electron chi connectivity index (χ4n) is 0.803. The average molecular weight is 183 g/mol. The molecule has 4 heteroatoms. The largest absolute Gasteiger partial charge is 0.245 e. The van der Waals surface area contributed by atoms with Crippen LogP contribution < -0.4 is 0 Å². The van der Waals surface area contributed by atoms with Gasteiger partial charge >= 0.3 is 0 Å². The van der Waals surface area contributed by atoms with Gasteiger partial charge in [-0.1, -0.05) is 12.1 Å². The van der Waals surface area contributed by atoms with Crippen molar-refractivity contribution in [3.8, 4) is 0 Å². The van der Waals surface area contributed by atoms with Crippen LogP contribution in [0.15, 0.2) is 29.8 Å². The monoisotopic (exact) mass is 183 g/mol. The second-order valence-electron chi connectivity index (χ2n) is 1.82. The predicted molar refractivity (Wildman–Crippen MR) is 47.8 cm³/mol. The summed E-state index contributed by atoms with van der Waals surface area (Å²) in [6.45, 7) is 0. The summed E-state index contributed by atoms with van der Waals surface area (Å²) >= 11 is 4.51. The summed E-state index contributed by atoms with van der Waals surface area (Å²) in [7, 11) is 0. The van der Waals surface area contributed by atoms with Crippen molar-refractivity contribution in [1.82, 2.24) is 4.98 Å². The first kappa shape index (κ1) is 8.23. The van der Waals surface area contributed by atoms with Gasteiger partial charge in [-0.15, -0.1) is 11.3 Å². The van der Waals surface area contributed by atoms with Gasteiger partial charge in [0.05, 0.1) is 15.7 Å². The van der Waals surface area contributed by atoms with Gasteiger partial charge in [-0.3, -0.25) is 0 Å². The van der Waals surface area contributed by atoms with Gasteiger partial charge in [0.25, 0.3) is 0 Å². The second-order valence-corrected chi connectivity index (χ2v) is 2.71. The zero-order valence-corrected chi connectivity index (χ0v) is 7.19. The SMILES string of the molecule is O=S.c1ccc2scnc2c1. The van der Waals surface area contributed by atoms with Gasteiger partial charge in [0.1, 0.15) is 0 Å². The van der Waals surface area contributed by atoms with Crippen LogP contribution in [-0.2, 0) is 12.5 Å². The van der Waals surface area contributed by atoms with Crippen LogP contribution in [0.25, 0.3) is 10.2 Å². The van der Waals surface area contributed by atoms with Crippen LogP contribution in [-0.4, -0.2) is 9.19 Å². The van der Waals surface area contributed by atoms with Crippen molar-refractivity contribution >= 4 is 34.1 Å². The Balaban J connectivity index is 0.000000281. The number of hydrogen-bond acceptors (Lipinski definition) is 4. The van der Waals surface area contributed by atoms with E-state index in [1.54, 1.807) is 11.3 Å². The summed E-state index contributed by atoms with van der Waals surface area (Å²) in [5, 5.41) is 0. The van der Waals surface area contributed by atoms with Crippen LogP contribution in [0.3, 0.4) is 0 Å². The number of benzene rings is 1. The molecule has 1 aromatic heterocycles. The molecule has 0 amide bonds. The number of rotatable bonds is 0. The highest BCUT2D eigenvalue weighted by Crippen LogP contribution is 2.15. The molecule has 11 heavy (non-hydrogen) atoms. The van der Waals surface area contributed by atoms with E-state index in [1.807, 2.05) is 23.7 Å². The Morgan fingerprint density at radius 2 is 2.00 bits per heavy atom. The van der Waals surface area contributed by atoms with E-state index in [0.29, 0.717) is 0 Å². The van der Waals surface area contributed by atoms with E-state index >= 15 is 0 Å². The first-order valence-electron chi connectivity index (χ1n) is 2.92. The van der Waals surface area contributed by atoms with Crippen LogP contribution in [0.5, 0.6) is 0 Å². The first-order valence-corrected chi connectivity index (χ1v) is 4.13. The van der Waals surface area contributed by atoms with E-state index in [1.165, 1.54) is 4.70 Å². The number of aromatic nitrogens is 1. The molecule has 0 bridgehead atoms. The maximum atomic E-state index is 7.83. The highest BCUT2D eigenvalue weighted by Gasteiger charge is 1.89. The average Bonchev–Trinajstić information content (AvgIpc) is 2.55. The molecular weight excluding hydrogens is 178 g/mol. The molecule has 0 radical (unpaired) electrons. The van der Waals surface area contributed by atoms with Crippen molar-refractivity contribution in [3.05, 3.63) is 29.8 Å². The third-order valence-electron chi connectivity index (χ3n) is 1.24. The number of nitrogens with zero attached hydrogens (tertiary/aromatic N) is 1.